The molecule has 0 spiro atoms. The summed E-state index contributed by atoms with van der Waals surface area (Å²) in [5.74, 6) is 1.38. The summed E-state index contributed by atoms with van der Waals surface area (Å²) >= 11 is 0. The Morgan fingerprint density at radius 2 is 2.05 bits per heavy atom. The molecule has 2 aromatic carbocycles. The molecule has 0 heterocycles. The number of nitrogens with zero attached hydrogens (tertiary/aromatic N) is 1. The van der Waals surface area contributed by atoms with Gasteiger partial charge in [-0.2, -0.15) is 5.26 Å². The molecule has 0 aliphatic rings. The summed E-state index contributed by atoms with van der Waals surface area (Å²) in [7, 11) is 1.55. The van der Waals surface area contributed by atoms with Crippen molar-refractivity contribution in [3.05, 3.63) is 58.7 Å². The fourth-order valence-electron chi connectivity index (χ4n) is 2.15. The Morgan fingerprint density at radius 3 is 2.71 bits per heavy atom. The van der Waals surface area contributed by atoms with Gasteiger partial charge in [0.25, 0.3) is 0 Å². The highest BCUT2D eigenvalue weighted by Crippen LogP contribution is 2.25. The number of benzene rings is 2. The summed E-state index contributed by atoms with van der Waals surface area (Å²) in [6.07, 6.45) is 0. The van der Waals surface area contributed by atoms with Gasteiger partial charge >= 0.3 is 0 Å². The van der Waals surface area contributed by atoms with E-state index in [9.17, 15) is 0 Å². The molecule has 0 aromatic heterocycles. The van der Waals surface area contributed by atoms with Crippen molar-refractivity contribution in [1.82, 2.24) is 0 Å². The largest absolute Gasteiger partial charge is 0.495 e. The molecule has 0 fully saturated rings. The topological polar surface area (TPSA) is 68.3 Å². The Bertz CT molecular complexity index is 675. The summed E-state index contributed by atoms with van der Waals surface area (Å²) in [4.78, 5) is 0. The number of nitriles is 1. The number of para-hydroxylation sites is 1. The Kier molecular flexibility index (Phi) is 4.81. The van der Waals surface area contributed by atoms with E-state index in [-0.39, 0.29) is 0 Å². The van der Waals surface area contributed by atoms with E-state index in [2.05, 4.69) is 6.07 Å². The van der Waals surface area contributed by atoms with Crippen molar-refractivity contribution in [2.24, 2.45) is 5.73 Å². The molecule has 2 aromatic rings. The van der Waals surface area contributed by atoms with Crippen LogP contribution in [-0.4, -0.2) is 7.11 Å². The molecule has 0 aliphatic carbocycles. The van der Waals surface area contributed by atoms with Crippen molar-refractivity contribution in [1.29, 1.82) is 5.26 Å². The van der Waals surface area contributed by atoms with Gasteiger partial charge in [-0.25, -0.2) is 0 Å². The van der Waals surface area contributed by atoms with E-state index in [1.54, 1.807) is 13.2 Å². The van der Waals surface area contributed by atoms with Crippen molar-refractivity contribution in [3.63, 3.8) is 0 Å². The van der Waals surface area contributed by atoms with Gasteiger partial charge in [-0.3, -0.25) is 0 Å². The molecule has 0 atom stereocenters. The Labute approximate surface area is 124 Å². The number of hydrogen-bond acceptors (Lipinski definition) is 4. The van der Waals surface area contributed by atoms with Crippen molar-refractivity contribution in [2.75, 3.05) is 7.11 Å². The van der Waals surface area contributed by atoms with Crippen molar-refractivity contribution < 1.29 is 9.47 Å². The highest BCUT2D eigenvalue weighted by Gasteiger charge is 2.08. The monoisotopic (exact) mass is 282 g/mol. The standard InChI is InChI=1S/C17H18N2O2/c1-12-4-3-5-15(10-19)17(12)21-11-13-6-7-14(9-18)16(8-13)20-2/h3-8H,10-11,19H2,1-2H3. The average Bonchev–Trinajstić information content (AvgIpc) is 2.53. The predicted octanol–water partition coefficient (Wildman–Crippen LogP) is 2.91. The van der Waals surface area contributed by atoms with Crippen LogP contribution in [0.5, 0.6) is 11.5 Å². The van der Waals surface area contributed by atoms with Crippen molar-refractivity contribution >= 4 is 0 Å². The van der Waals surface area contributed by atoms with Gasteiger partial charge in [0.15, 0.2) is 0 Å². The number of rotatable bonds is 5. The lowest BCUT2D eigenvalue weighted by Crippen LogP contribution is -2.04. The second-order valence-electron chi connectivity index (χ2n) is 4.70. The van der Waals surface area contributed by atoms with Crippen LogP contribution in [0.3, 0.4) is 0 Å². The zero-order chi connectivity index (χ0) is 15.2. The van der Waals surface area contributed by atoms with Gasteiger partial charge in [-0.1, -0.05) is 24.3 Å². The highest BCUT2D eigenvalue weighted by molar-refractivity contribution is 5.45. The Balaban J connectivity index is 2.19. The van der Waals surface area contributed by atoms with Crippen LogP contribution in [0.15, 0.2) is 36.4 Å². The number of methoxy groups -OCH3 is 1. The fraction of sp³-hybridized carbons (Fsp3) is 0.235. The van der Waals surface area contributed by atoms with Crippen LogP contribution in [0.25, 0.3) is 0 Å². The van der Waals surface area contributed by atoms with Gasteiger partial charge in [0.05, 0.1) is 12.7 Å². The summed E-state index contributed by atoms with van der Waals surface area (Å²) in [6.45, 7) is 2.83. The van der Waals surface area contributed by atoms with E-state index >= 15 is 0 Å². The number of hydrogen-bond donors (Lipinski definition) is 1. The second-order valence-corrected chi connectivity index (χ2v) is 4.70. The maximum absolute atomic E-state index is 8.98. The zero-order valence-corrected chi connectivity index (χ0v) is 12.2. The van der Waals surface area contributed by atoms with Crippen LogP contribution < -0.4 is 15.2 Å². The third-order valence-corrected chi connectivity index (χ3v) is 3.28. The van der Waals surface area contributed by atoms with E-state index < -0.39 is 0 Å². The van der Waals surface area contributed by atoms with Crippen molar-refractivity contribution in [3.8, 4) is 17.6 Å². The van der Waals surface area contributed by atoms with Crippen LogP contribution in [0.1, 0.15) is 22.3 Å². The molecule has 2 N–H and O–H groups in total. The molecule has 0 unspecified atom stereocenters. The second kappa shape index (κ2) is 6.78. The van der Waals surface area contributed by atoms with Gasteiger partial charge in [0.1, 0.15) is 24.2 Å². The van der Waals surface area contributed by atoms with E-state index in [1.807, 2.05) is 37.3 Å². The van der Waals surface area contributed by atoms with Crippen molar-refractivity contribution in [2.45, 2.75) is 20.1 Å². The first-order valence-corrected chi connectivity index (χ1v) is 6.68. The molecular weight excluding hydrogens is 264 g/mol. The van der Waals surface area contributed by atoms with Gasteiger partial charge in [-0.15, -0.1) is 0 Å². The first-order valence-electron chi connectivity index (χ1n) is 6.68. The lowest BCUT2D eigenvalue weighted by atomic mass is 10.1. The minimum absolute atomic E-state index is 0.403. The Hall–Kier alpha value is -2.51. The van der Waals surface area contributed by atoms with Crippen LogP contribution in [0, 0.1) is 18.3 Å². The SMILES string of the molecule is COc1cc(COc2c(C)cccc2CN)ccc1C#N. The van der Waals surface area contributed by atoms with Gasteiger partial charge in [0.2, 0.25) is 0 Å². The van der Waals surface area contributed by atoms with Gasteiger partial charge < -0.3 is 15.2 Å². The molecule has 2 rings (SSSR count). The summed E-state index contributed by atoms with van der Waals surface area (Å²) in [5, 5.41) is 8.98. The maximum atomic E-state index is 8.98. The lowest BCUT2D eigenvalue weighted by Gasteiger charge is -2.14. The zero-order valence-electron chi connectivity index (χ0n) is 12.2. The molecule has 0 aliphatic heterocycles. The van der Waals surface area contributed by atoms with E-state index in [0.717, 1.165) is 22.4 Å². The summed E-state index contributed by atoms with van der Waals surface area (Å²) < 4.78 is 11.1. The van der Waals surface area contributed by atoms with Gasteiger partial charge in [-0.05, 0) is 30.2 Å². The van der Waals surface area contributed by atoms with Crippen LogP contribution in [0.4, 0.5) is 0 Å². The first kappa shape index (κ1) is 14.9. The third kappa shape index (κ3) is 3.33. The quantitative estimate of drug-likeness (QED) is 0.915. The number of ether oxygens (including phenoxy) is 2. The molecule has 0 radical (unpaired) electrons. The molecule has 4 nitrogen and oxygen atoms in total. The van der Waals surface area contributed by atoms with E-state index in [0.29, 0.717) is 24.5 Å². The predicted molar refractivity (Wildman–Crippen MR) is 81.1 cm³/mol. The average molecular weight is 282 g/mol. The number of nitrogens with two attached hydrogens (primary N) is 1. The molecule has 0 bridgehead atoms. The molecule has 108 valence electrons. The van der Waals surface area contributed by atoms with Gasteiger partial charge in [0, 0.05) is 12.1 Å². The van der Waals surface area contributed by atoms with E-state index in [4.69, 9.17) is 20.5 Å². The molecule has 21 heavy (non-hydrogen) atoms. The summed E-state index contributed by atoms with van der Waals surface area (Å²) in [6, 6.07) is 13.4. The van der Waals surface area contributed by atoms with Crippen LogP contribution >= 0.6 is 0 Å². The van der Waals surface area contributed by atoms with E-state index in [1.165, 1.54) is 0 Å². The van der Waals surface area contributed by atoms with Crippen LogP contribution in [-0.2, 0) is 13.2 Å². The minimum atomic E-state index is 0.403. The molecule has 0 saturated carbocycles. The summed E-state index contributed by atoms with van der Waals surface area (Å²) in [5.41, 5.74) is 9.23. The van der Waals surface area contributed by atoms with Crippen LogP contribution in [0.2, 0.25) is 0 Å². The molecule has 0 amide bonds. The smallest absolute Gasteiger partial charge is 0.137 e. The molecule has 0 saturated heterocycles. The highest BCUT2D eigenvalue weighted by atomic mass is 16.5. The maximum Gasteiger partial charge on any atom is 0.137 e. The minimum Gasteiger partial charge on any atom is -0.495 e. The molecular formula is C17H18N2O2. The third-order valence-electron chi connectivity index (χ3n) is 3.28. The first-order chi connectivity index (χ1) is 10.2. The Morgan fingerprint density at radius 1 is 1.24 bits per heavy atom. The normalized spacial score (nSPS) is 10.0. The lowest BCUT2D eigenvalue weighted by molar-refractivity contribution is 0.300. The fourth-order valence-corrected chi connectivity index (χ4v) is 2.15. The number of aryl methyl sites for hydroxylation is 1. The molecule has 4 heteroatoms.